The minimum absolute atomic E-state index is 0.0453. The molecule has 12 heteroatoms. The summed E-state index contributed by atoms with van der Waals surface area (Å²) in [7, 11) is 0. The summed E-state index contributed by atoms with van der Waals surface area (Å²) >= 11 is 0.905. The van der Waals surface area contributed by atoms with Crippen LogP contribution in [-0.4, -0.2) is 44.4 Å². The third-order valence-corrected chi connectivity index (χ3v) is 7.45. The lowest BCUT2D eigenvalue weighted by Crippen LogP contribution is -2.57. The second-order valence-corrected chi connectivity index (χ2v) is 10.1. The number of nitrogens with zero attached hydrogens (tertiary/aromatic N) is 4. The van der Waals surface area contributed by atoms with Crippen molar-refractivity contribution in [3.63, 3.8) is 0 Å². The van der Waals surface area contributed by atoms with Crippen molar-refractivity contribution in [1.82, 2.24) is 19.7 Å². The van der Waals surface area contributed by atoms with E-state index in [2.05, 4.69) is 10.2 Å². The molecule has 1 saturated heterocycles. The molecule has 2 aromatic carbocycles. The molecule has 2 aliphatic rings. The van der Waals surface area contributed by atoms with E-state index in [1.807, 2.05) is 37.3 Å². The van der Waals surface area contributed by atoms with E-state index in [1.165, 1.54) is 6.20 Å². The lowest BCUT2D eigenvalue weighted by molar-refractivity contribution is -0.112. The smallest absolute Gasteiger partial charge is 0.299 e. The van der Waals surface area contributed by atoms with Gasteiger partial charge in [0, 0.05) is 18.3 Å². The first-order chi connectivity index (χ1) is 18.9. The number of amides is 1. The minimum atomic E-state index is -0.901. The molecule has 0 unspecified atom stereocenters. The number of benzene rings is 2. The topological polar surface area (TPSA) is 95.8 Å². The Morgan fingerprint density at radius 1 is 1.13 bits per heavy atom. The van der Waals surface area contributed by atoms with Crippen LogP contribution in [0, 0.1) is 11.6 Å². The van der Waals surface area contributed by atoms with Gasteiger partial charge in [0.1, 0.15) is 12.4 Å². The Balaban J connectivity index is 1.40. The second-order valence-electron chi connectivity index (χ2n) is 9.20. The summed E-state index contributed by atoms with van der Waals surface area (Å²) < 4.78 is 46.3. The first kappa shape index (κ1) is 25.1. The van der Waals surface area contributed by atoms with Crippen LogP contribution >= 0.6 is 11.3 Å². The Morgan fingerprint density at radius 2 is 1.95 bits per heavy atom. The molecule has 1 amide bonds. The predicted octanol–water partition coefficient (Wildman–Crippen LogP) is 4.61. The van der Waals surface area contributed by atoms with Gasteiger partial charge in [-0.2, -0.15) is 0 Å². The van der Waals surface area contributed by atoms with E-state index < -0.39 is 23.3 Å². The van der Waals surface area contributed by atoms with Crippen LogP contribution in [0.25, 0.3) is 10.6 Å². The SMILES string of the molecule is C[C@@H]1CCO[C@H]2Cn3cc(-c4nnc(Oc5ccc(F)cc5F)s4)c(=O)c(OCc4ccccc4)c3C(=O)N12. The lowest BCUT2D eigenvalue weighted by Gasteiger charge is -2.44. The maximum atomic E-state index is 14.1. The molecule has 39 heavy (non-hydrogen) atoms. The summed E-state index contributed by atoms with van der Waals surface area (Å²) in [6, 6.07) is 12.1. The molecule has 1 fully saturated rings. The van der Waals surface area contributed by atoms with Gasteiger partial charge in [-0.3, -0.25) is 9.59 Å². The zero-order chi connectivity index (χ0) is 27.1. The molecule has 200 valence electrons. The number of rotatable bonds is 6. The number of hydrogen-bond donors (Lipinski definition) is 0. The van der Waals surface area contributed by atoms with Crippen molar-refractivity contribution in [3.8, 4) is 27.3 Å². The fraction of sp³-hybridized carbons (Fsp3) is 0.259. The number of hydrogen-bond acceptors (Lipinski definition) is 8. The maximum absolute atomic E-state index is 14.1. The van der Waals surface area contributed by atoms with E-state index in [9.17, 15) is 18.4 Å². The molecule has 2 aromatic heterocycles. The highest BCUT2D eigenvalue weighted by molar-refractivity contribution is 7.16. The predicted molar refractivity (Wildman–Crippen MR) is 137 cm³/mol. The van der Waals surface area contributed by atoms with Gasteiger partial charge in [0.05, 0.1) is 18.7 Å². The van der Waals surface area contributed by atoms with Gasteiger partial charge in [0.2, 0.25) is 5.43 Å². The maximum Gasteiger partial charge on any atom is 0.299 e. The number of aromatic nitrogens is 3. The highest BCUT2D eigenvalue weighted by atomic mass is 32.1. The molecule has 2 atom stereocenters. The van der Waals surface area contributed by atoms with E-state index in [1.54, 1.807) is 9.47 Å². The van der Waals surface area contributed by atoms with E-state index >= 15 is 0 Å². The highest BCUT2D eigenvalue weighted by Gasteiger charge is 2.41. The van der Waals surface area contributed by atoms with Crippen LogP contribution in [0.4, 0.5) is 8.78 Å². The van der Waals surface area contributed by atoms with E-state index in [0.29, 0.717) is 25.6 Å². The van der Waals surface area contributed by atoms with Crippen LogP contribution in [-0.2, 0) is 17.9 Å². The van der Waals surface area contributed by atoms with Crippen molar-refractivity contribution in [3.05, 3.63) is 87.8 Å². The van der Waals surface area contributed by atoms with Crippen LogP contribution in [0.5, 0.6) is 16.7 Å². The van der Waals surface area contributed by atoms with Crippen molar-refractivity contribution in [2.45, 2.75) is 38.8 Å². The lowest BCUT2D eigenvalue weighted by atomic mass is 10.1. The average Bonchev–Trinajstić information content (AvgIpc) is 3.38. The minimum Gasteiger partial charge on any atom is -0.483 e. The average molecular weight is 553 g/mol. The molecule has 0 radical (unpaired) electrons. The number of carbonyl (C=O) groups excluding carboxylic acids is 1. The van der Waals surface area contributed by atoms with Crippen molar-refractivity contribution in [1.29, 1.82) is 0 Å². The van der Waals surface area contributed by atoms with E-state index in [4.69, 9.17) is 14.2 Å². The molecule has 2 aliphatic heterocycles. The first-order valence-corrected chi connectivity index (χ1v) is 13.1. The third kappa shape index (κ3) is 4.77. The number of ether oxygens (including phenoxy) is 3. The quantitative estimate of drug-likeness (QED) is 0.345. The van der Waals surface area contributed by atoms with Crippen LogP contribution in [0.15, 0.2) is 59.5 Å². The monoisotopic (exact) mass is 552 g/mol. The van der Waals surface area contributed by atoms with Crippen molar-refractivity contribution in [2.24, 2.45) is 0 Å². The molecule has 0 N–H and O–H groups in total. The van der Waals surface area contributed by atoms with Crippen LogP contribution in [0.1, 0.15) is 29.4 Å². The van der Waals surface area contributed by atoms with E-state index in [0.717, 1.165) is 29.0 Å². The zero-order valence-electron chi connectivity index (χ0n) is 20.7. The number of halogens is 2. The fourth-order valence-corrected chi connectivity index (χ4v) is 5.39. The molecular formula is C27H22F2N4O5S. The number of pyridine rings is 1. The van der Waals surface area contributed by atoms with Crippen molar-refractivity contribution < 1.29 is 27.8 Å². The molecule has 0 bridgehead atoms. The summed E-state index contributed by atoms with van der Waals surface area (Å²) in [5.41, 5.74) is 0.566. The Hall–Kier alpha value is -4.16. The second kappa shape index (κ2) is 10.2. The summed E-state index contributed by atoms with van der Waals surface area (Å²) in [5, 5.41) is 8.12. The first-order valence-electron chi connectivity index (χ1n) is 12.2. The molecule has 0 aliphatic carbocycles. The number of fused-ring (bicyclic) bond motifs is 2. The Bertz CT molecular complexity index is 1610. The molecule has 6 rings (SSSR count). The van der Waals surface area contributed by atoms with Gasteiger partial charge in [-0.05, 0) is 31.0 Å². The van der Waals surface area contributed by atoms with Gasteiger partial charge in [0.25, 0.3) is 11.1 Å². The van der Waals surface area contributed by atoms with Gasteiger partial charge in [0.15, 0.2) is 34.2 Å². The van der Waals surface area contributed by atoms with Gasteiger partial charge < -0.3 is 23.7 Å². The largest absolute Gasteiger partial charge is 0.483 e. The summed E-state index contributed by atoms with van der Waals surface area (Å²) in [6.45, 7) is 2.84. The summed E-state index contributed by atoms with van der Waals surface area (Å²) in [6.07, 6.45) is 1.74. The van der Waals surface area contributed by atoms with Crippen molar-refractivity contribution in [2.75, 3.05) is 6.61 Å². The molecule has 0 spiro atoms. The highest BCUT2D eigenvalue weighted by Crippen LogP contribution is 2.35. The molecule has 4 heterocycles. The normalized spacial score (nSPS) is 18.4. The van der Waals surface area contributed by atoms with Gasteiger partial charge in [-0.15, -0.1) is 5.10 Å². The van der Waals surface area contributed by atoms with Crippen LogP contribution < -0.4 is 14.9 Å². The van der Waals surface area contributed by atoms with Crippen LogP contribution in [0.3, 0.4) is 0 Å². The van der Waals surface area contributed by atoms with E-state index in [-0.39, 0.29) is 51.5 Å². The summed E-state index contributed by atoms with van der Waals surface area (Å²) in [4.78, 5) is 29.1. The summed E-state index contributed by atoms with van der Waals surface area (Å²) in [5.74, 6) is -2.32. The Kier molecular flexibility index (Phi) is 6.57. The molecule has 4 aromatic rings. The van der Waals surface area contributed by atoms with Crippen molar-refractivity contribution >= 4 is 17.2 Å². The van der Waals surface area contributed by atoms with Gasteiger partial charge in [-0.1, -0.05) is 46.8 Å². The molecule has 9 nitrogen and oxygen atoms in total. The Morgan fingerprint density at radius 3 is 2.74 bits per heavy atom. The fourth-order valence-electron chi connectivity index (χ4n) is 4.67. The third-order valence-electron chi connectivity index (χ3n) is 6.61. The zero-order valence-corrected chi connectivity index (χ0v) is 21.5. The standard InChI is InChI=1S/C27H22F2N4O5S/c1-15-9-10-36-21-13-32-12-18(25-30-31-27(39-25)38-20-8-7-17(28)11-19(20)29)23(34)24(22(32)26(35)33(15)21)37-14-16-5-3-2-4-6-16/h2-8,11-12,15,21H,9-10,13-14H2,1H3/t15-,21+/m1/s1. The van der Waals surface area contributed by atoms with Gasteiger partial charge >= 0.3 is 0 Å². The van der Waals surface area contributed by atoms with Gasteiger partial charge in [-0.25, -0.2) is 8.78 Å². The van der Waals surface area contributed by atoms with Crippen LogP contribution in [0.2, 0.25) is 0 Å². The molecular weight excluding hydrogens is 530 g/mol. The number of carbonyl (C=O) groups is 1. The Labute approximate surface area is 225 Å². The molecule has 0 saturated carbocycles.